The Kier molecular flexibility index (Phi) is 4.46. The van der Waals surface area contributed by atoms with Gasteiger partial charge in [-0.05, 0) is 35.8 Å². The van der Waals surface area contributed by atoms with Crippen molar-refractivity contribution in [1.29, 1.82) is 0 Å². The predicted octanol–water partition coefficient (Wildman–Crippen LogP) is 0.734. The molecule has 6 nitrogen and oxygen atoms in total. The molecule has 0 saturated heterocycles. The Morgan fingerprint density at radius 3 is 2.84 bits per heavy atom. The molecule has 0 radical (unpaired) electrons. The van der Waals surface area contributed by atoms with Gasteiger partial charge in [-0.3, -0.25) is 0 Å². The standard InChI is InChI=1S/C13H19N5O/c1-10-9-11(3-5-12(10)19-2)4-6-13-15-17-18(16-13)8-7-14/h3,5,9H,4,6-8,14H2,1-2H3. The molecule has 0 aliphatic carbocycles. The fraction of sp³-hybridized carbons (Fsp3) is 0.462. The second-order valence-corrected chi connectivity index (χ2v) is 4.39. The lowest BCUT2D eigenvalue weighted by Crippen LogP contribution is -2.12. The van der Waals surface area contributed by atoms with Gasteiger partial charge in [0.2, 0.25) is 0 Å². The molecule has 0 amide bonds. The van der Waals surface area contributed by atoms with E-state index in [4.69, 9.17) is 10.5 Å². The summed E-state index contributed by atoms with van der Waals surface area (Å²) >= 11 is 0. The van der Waals surface area contributed by atoms with Gasteiger partial charge in [0, 0.05) is 13.0 Å². The number of ether oxygens (including phenoxy) is 1. The third kappa shape index (κ3) is 3.51. The second-order valence-electron chi connectivity index (χ2n) is 4.39. The van der Waals surface area contributed by atoms with Gasteiger partial charge in [-0.1, -0.05) is 12.1 Å². The molecule has 1 heterocycles. The minimum absolute atomic E-state index is 0.521. The van der Waals surface area contributed by atoms with Gasteiger partial charge in [-0.2, -0.15) is 4.80 Å². The first-order valence-corrected chi connectivity index (χ1v) is 6.33. The van der Waals surface area contributed by atoms with E-state index in [-0.39, 0.29) is 0 Å². The lowest BCUT2D eigenvalue weighted by molar-refractivity contribution is 0.411. The van der Waals surface area contributed by atoms with E-state index >= 15 is 0 Å². The quantitative estimate of drug-likeness (QED) is 0.829. The molecule has 2 rings (SSSR count). The molecule has 1 aromatic carbocycles. The number of tetrazole rings is 1. The largest absolute Gasteiger partial charge is 0.496 e. The molecule has 0 bridgehead atoms. The number of nitrogens with zero attached hydrogens (tertiary/aromatic N) is 4. The molecule has 6 heteroatoms. The van der Waals surface area contributed by atoms with Crippen LogP contribution in [0.15, 0.2) is 18.2 Å². The first kappa shape index (κ1) is 13.5. The summed E-state index contributed by atoms with van der Waals surface area (Å²) in [6, 6.07) is 6.18. The third-order valence-corrected chi connectivity index (χ3v) is 2.92. The van der Waals surface area contributed by atoms with Crippen LogP contribution in [0.25, 0.3) is 0 Å². The van der Waals surface area contributed by atoms with Crippen molar-refractivity contribution in [2.75, 3.05) is 13.7 Å². The number of benzene rings is 1. The molecular formula is C13H19N5O. The molecule has 1 aromatic heterocycles. The van der Waals surface area contributed by atoms with Crippen molar-refractivity contribution < 1.29 is 4.74 Å². The Morgan fingerprint density at radius 1 is 1.32 bits per heavy atom. The number of nitrogens with two attached hydrogens (primary N) is 1. The summed E-state index contributed by atoms with van der Waals surface area (Å²) in [5.74, 6) is 1.66. The highest BCUT2D eigenvalue weighted by atomic mass is 16.5. The van der Waals surface area contributed by atoms with E-state index in [1.54, 1.807) is 7.11 Å². The summed E-state index contributed by atoms with van der Waals surface area (Å²) in [6.45, 7) is 3.17. The molecule has 0 saturated carbocycles. The van der Waals surface area contributed by atoms with Crippen molar-refractivity contribution in [3.05, 3.63) is 35.2 Å². The Bertz CT molecular complexity index is 538. The zero-order valence-electron chi connectivity index (χ0n) is 11.3. The predicted molar refractivity (Wildman–Crippen MR) is 72.0 cm³/mol. The van der Waals surface area contributed by atoms with Gasteiger partial charge in [0.1, 0.15) is 5.75 Å². The lowest BCUT2D eigenvalue weighted by atomic mass is 10.1. The van der Waals surface area contributed by atoms with E-state index in [1.165, 1.54) is 10.4 Å². The highest BCUT2D eigenvalue weighted by Crippen LogP contribution is 2.19. The number of rotatable bonds is 6. The molecule has 0 fully saturated rings. The van der Waals surface area contributed by atoms with Crippen LogP contribution in [0.5, 0.6) is 5.75 Å². The van der Waals surface area contributed by atoms with Gasteiger partial charge in [0.05, 0.1) is 13.7 Å². The molecule has 0 unspecified atom stereocenters. The minimum Gasteiger partial charge on any atom is -0.496 e. The first-order chi connectivity index (χ1) is 9.22. The average Bonchev–Trinajstić information content (AvgIpc) is 2.85. The Labute approximate surface area is 112 Å². The van der Waals surface area contributed by atoms with Gasteiger partial charge >= 0.3 is 0 Å². The Hall–Kier alpha value is -1.95. The van der Waals surface area contributed by atoms with E-state index in [9.17, 15) is 0 Å². The summed E-state index contributed by atoms with van der Waals surface area (Å²) in [4.78, 5) is 1.54. The van der Waals surface area contributed by atoms with Crippen LogP contribution in [-0.4, -0.2) is 33.9 Å². The maximum Gasteiger partial charge on any atom is 0.175 e. The Balaban J connectivity index is 1.95. The smallest absolute Gasteiger partial charge is 0.175 e. The molecule has 2 N–H and O–H groups in total. The maximum absolute atomic E-state index is 5.44. The van der Waals surface area contributed by atoms with E-state index < -0.39 is 0 Å². The van der Waals surface area contributed by atoms with E-state index in [0.717, 1.165) is 30.0 Å². The van der Waals surface area contributed by atoms with Gasteiger partial charge in [-0.15, -0.1) is 10.2 Å². The molecule has 0 spiro atoms. The number of hydrogen-bond acceptors (Lipinski definition) is 5. The summed E-state index contributed by atoms with van der Waals surface area (Å²) in [5.41, 5.74) is 7.82. The highest BCUT2D eigenvalue weighted by molar-refractivity contribution is 5.36. The van der Waals surface area contributed by atoms with Crippen LogP contribution in [-0.2, 0) is 19.4 Å². The lowest BCUT2D eigenvalue weighted by Gasteiger charge is -2.06. The van der Waals surface area contributed by atoms with E-state index in [2.05, 4.69) is 27.5 Å². The number of aromatic nitrogens is 4. The molecule has 0 aliphatic rings. The van der Waals surface area contributed by atoms with Crippen molar-refractivity contribution in [3.63, 3.8) is 0 Å². The van der Waals surface area contributed by atoms with Crippen LogP contribution in [0.1, 0.15) is 17.0 Å². The van der Waals surface area contributed by atoms with Crippen LogP contribution in [0, 0.1) is 6.92 Å². The summed E-state index contributed by atoms with van der Waals surface area (Å²) < 4.78 is 5.24. The molecule has 102 valence electrons. The van der Waals surface area contributed by atoms with Gasteiger partial charge in [0.25, 0.3) is 0 Å². The second kappa shape index (κ2) is 6.29. The summed E-state index contributed by atoms with van der Waals surface area (Å²) in [7, 11) is 1.68. The van der Waals surface area contributed by atoms with Crippen LogP contribution in [0.3, 0.4) is 0 Å². The topological polar surface area (TPSA) is 78.9 Å². The number of aryl methyl sites for hydroxylation is 3. The summed E-state index contributed by atoms with van der Waals surface area (Å²) in [6.07, 6.45) is 1.66. The van der Waals surface area contributed by atoms with Crippen molar-refractivity contribution in [1.82, 2.24) is 20.2 Å². The summed E-state index contributed by atoms with van der Waals surface area (Å²) in [5, 5.41) is 12.2. The minimum atomic E-state index is 0.521. The van der Waals surface area contributed by atoms with Gasteiger partial charge in [0.15, 0.2) is 5.82 Å². The molecule has 0 aliphatic heterocycles. The van der Waals surface area contributed by atoms with Crippen LogP contribution >= 0.6 is 0 Å². The highest BCUT2D eigenvalue weighted by Gasteiger charge is 2.04. The van der Waals surface area contributed by atoms with Crippen LogP contribution in [0.4, 0.5) is 0 Å². The fourth-order valence-electron chi connectivity index (χ4n) is 1.94. The monoisotopic (exact) mass is 261 g/mol. The van der Waals surface area contributed by atoms with Crippen molar-refractivity contribution in [2.45, 2.75) is 26.3 Å². The first-order valence-electron chi connectivity index (χ1n) is 6.33. The normalized spacial score (nSPS) is 10.7. The zero-order chi connectivity index (χ0) is 13.7. The van der Waals surface area contributed by atoms with Gasteiger partial charge < -0.3 is 10.5 Å². The van der Waals surface area contributed by atoms with Crippen LogP contribution < -0.4 is 10.5 Å². The fourth-order valence-corrected chi connectivity index (χ4v) is 1.94. The molecular weight excluding hydrogens is 242 g/mol. The van der Waals surface area contributed by atoms with E-state index in [0.29, 0.717) is 13.1 Å². The van der Waals surface area contributed by atoms with Crippen molar-refractivity contribution in [2.24, 2.45) is 5.73 Å². The number of hydrogen-bond donors (Lipinski definition) is 1. The van der Waals surface area contributed by atoms with Crippen molar-refractivity contribution in [3.8, 4) is 5.75 Å². The SMILES string of the molecule is COc1ccc(CCc2nnn(CCN)n2)cc1C. The third-order valence-electron chi connectivity index (χ3n) is 2.92. The maximum atomic E-state index is 5.44. The molecule has 2 aromatic rings. The molecule has 19 heavy (non-hydrogen) atoms. The Morgan fingerprint density at radius 2 is 2.16 bits per heavy atom. The van der Waals surface area contributed by atoms with E-state index in [1.807, 2.05) is 13.0 Å². The average molecular weight is 261 g/mol. The van der Waals surface area contributed by atoms with Crippen molar-refractivity contribution >= 4 is 0 Å². The van der Waals surface area contributed by atoms with Gasteiger partial charge in [-0.25, -0.2) is 0 Å². The number of methoxy groups -OCH3 is 1. The molecule has 0 atom stereocenters. The zero-order valence-corrected chi connectivity index (χ0v) is 11.3. The van der Waals surface area contributed by atoms with Crippen LogP contribution in [0.2, 0.25) is 0 Å².